The minimum Gasteiger partial charge on any atom is -0.253 e. The molecule has 0 aliphatic carbocycles. The summed E-state index contributed by atoms with van der Waals surface area (Å²) >= 11 is 5.92. The van der Waals surface area contributed by atoms with Crippen LogP contribution in [0.3, 0.4) is 0 Å². The number of rotatable bonds is 1. The van der Waals surface area contributed by atoms with E-state index in [9.17, 15) is 4.39 Å². The van der Waals surface area contributed by atoms with Crippen LogP contribution in [-0.2, 0) is 0 Å². The Labute approximate surface area is 92.5 Å². The molecule has 1 aromatic carbocycles. The van der Waals surface area contributed by atoms with Crippen molar-refractivity contribution in [1.82, 2.24) is 4.98 Å². The molecule has 0 spiro atoms. The van der Waals surface area contributed by atoms with Gasteiger partial charge in [-0.2, -0.15) is 0 Å². The van der Waals surface area contributed by atoms with Crippen molar-refractivity contribution in [2.45, 2.75) is 6.92 Å². The number of halogens is 2. The summed E-state index contributed by atoms with van der Waals surface area (Å²) < 4.78 is 12.7. The third-order valence-corrected chi connectivity index (χ3v) is 2.28. The maximum absolute atomic E-state index is 12.7. The Morgan fingerprint density at radius 3 is 2.40 bits per heavy atom. The first-order valence-electron chi connectivity index (χ1n) is 4.55. The third kappa shape index (κ3) is 2.34. The number of aryl methyl sites for hydroxylation is 1. The van der Waals surface area contributed by atoms with E-state index in [4.69, 9.17) is 11.6 Å². The topological polar surface area (TPSA) is 12.9 Å². The molecule has 0 amide bonds. The number of benzene rings is 1. The molecule has 76 valence electrons. The fourth-order valence-corrected chi connectivity index (χ4v) is 1.66. The van der Waals surface area contributed by atoms with Gasteiger partial charge in [0, 0.05) is 16.3 Å². The Morgan fingerprint density at radius 1 is 1.13 bits per heavy atom. The van der Waals surface area contributed by atoms with Crippen molar-refractivity contribution in [1.29, 1.82) is 0 Å². The van der Waals surface area contributed by atoms with E-state index in [1.54, 1.807) is 24.3 Å². The van der Waals surface area contributed by atoms with Crippen LogP contribution in [0.1, 0.15) is 5.69 Å². The number of nitrogens with zero attached hydrogens (tertiary/aromatic N) is 1. The first kappa shape index (κ1) is 10.1. The highest BCUT2D eigenvalue weighted by molar-refractivity contribution is 6.30. The lowest BCUT2D eigenvalue weighted by Crippen LogP contribution is -1.87. The van der Waals surface area contributed by atoms with Crippen LogP contribution in [0.2, 0.25) is 5.02 Å². The van der Waals surface area contributed by atoms with Gasteiger partial charge in [-0.15, -0.1) is 0 Å². The first-order chi connectivity index (χ1) is 7.15. The second-order valence-electron chi connectivity index (χ2n) is 3.32. The highest BCUT2D eigenvalue weighted by Crippen LogP contribution is 2.21. The summed E-state index contributed by atoms with van der Waals surface area (Å²) in [5, 5.41) is 0.641. The highest BCUT2D eigenvalue weighted by atomic mass is 35.5. The van der Waals surface area contributed by atoms with Crippen LogP contribution in [0.15, 0.2) is 36.4 Å². The Morgan fingerprint density at radius 2 is 1.80 bits per heavy atom. The van der Waals surface area contributed by atoms with Gasteiger partial charge in [0.25, 0.3) is 0 Å². The predicted molar refractivity (Wildman–Crippen MR) is 59.4 cm³/mol. The van der Waals surface area contributed by atoms with Crippen LogP contribution in [0.25, 0.3) is 11.3 Å². The van der Waals surface area contributed by atoms with Crippen molar-refractivity contribution in [3.8, 4) is 11.3 Å². The highest BCUT2D eigenvalue weighted by Gasteiger charge is 2.01. The van der Waals surface area contributed by atoms with Crippen molar-refractivity contribution in [2.75, 3.05) is 0 Å². The molecule has 15 heavy (non-hydrogen) atoms. The van der Waals surface area contributed by atoms with E-state index in [0.717, 1.165) is 17.0 Å². The molecule has 0 saturated carbocycles. The molecule has 1 aromatic heterocycles. The largest absolute Gasteiger partial charge is 0.253 e. The van der Waals surface area contributed by atoms with E-state index < -0.39 is 0 Å². The molecule has 2 aromatic rings. The molecule has 0 unspecified atom stereocenters. The predicted octanol–water partition coefficient (Wildman–Crippen LogP) is 3.85. The van der Waals surface area contributed by atoms with Crippen LogP contribution in [0.5, 0.6) is 0 Å². The van der Waals surface area contributed by atoms with Gasteiger partial charge < -0.3 is 0 Å². The van der Waals surface area contributed by atoms with E-state index in [-0.39, 0.29) is 5.82 Å². The Bertz CT molecular complexity index is 459. The van der Waals surface area contributed by atoms with Crippen LogP contribution in [0, 0.1) is 12.7 Å². The standard InChI is InChI=1S/C12H9ClFN/c1-8-6-10(13)7-12(15-8)9-2-4-11(14)5-3-9/h2-7H,1H3. The van der Waals surface area contributed by atoms with Crippen molar-refractivity contribution in [3.05, 3.63) is 52.9 Å². The molecule has 0 saturated heterocycles. The van der Waals surface area contributed by atoms with Gasteiger partial charge in [0.05, 0.1) is 5.69 Å². The number of hydrogen-bond donors (Lipinski definition) is 0. The molecule has 0 atom stereocenters. The number of hydrogen-bond acceptors (Lipinski definition) is 1. The summed E-state index contributed by atoms with van der Waals surface area (Å²) in [6.45, 7) is 1.87. The molecule has 0 radical (unpaired) electrons. The lowest BCUT2D eigenvalue weighted by molar-refractivity contribution is 0.628. The smallest absolute Gasteiger partial charge is 0.123 e. The van der Waals surface area contributed by atoms with Gasteiger partial charge in [-0.1, -0.05) is 11.6 Å². The minimum absolute atomic E-state index is 0.252. The lowest BCUT2D eigenvalue weighted by atomic mass is 10.1. The zero-order valence-electron chi connectivity index (χ0n) is 8.17. The fourth-order valence-electron chi connectivity index (χ4n) is 1.39. The zero-order valence-corrected chi connectivity index (χ0v) is 8.92. The Kier molecular flexibility index (Phi) is 2.69. The number of pyridine rings is 1. The minimum atomic E-state index is -0.252. The van der Waals surface area contributed by atoms with Gasteiger partial charge in [0.1, 0.15) is 5.82 Å². The van der Waals surface area contributed by atoms with Crippen molar-refractivity contribution in [3.63, 3.8) is 0 Å². The molecular formula is C12H9ClFN. The van der Waals surface area contributed by atoms with Gasteiger partial charge in [-0.25, -0.2) is 4.39 Å². The van der Waals surface area contributed by atoms with Crippen LogP contribution >= 0.6 is 11.6 Å². The van der Waals surface area contributed by atoms with E-state index >= 15 is 0 Å². The Hall–Kier alpha value is -1.41. The maximum atomic E-state index is 12.7. The SMILES string of the molecule is Cc1cc(Cl)cc(-c2ccc(F)cc2)n1. The van der Waals surface area contributed by atoms with E-state index in [1.165, 1.54) is 12.1 Å². The Balaban J connectivity index is 2.49. The molecule has 0 aliphatic heterocycles. The van der Waals surface area contributed by atoms with Crippen LogP contribution in [-0.4, -0.2) is 4.98 Å². The molecule has 1 heterocycles. The zero-order chi connectivity index (χ0) is 10.8. The third-order valence-electron chi connectivity index (χ3n) is 2.06. The van der Waals surface area contributed by atoms with E-state index in [0.29, 0.717) is 5.02 Å². The summed E-state index contributed by atoms with van der Waals surface area (Å²) in [6.07, 6.45) is 0. The molecule has 1 nitrogen and oxygen atoms in total. The van der Waals surface area contributed by atoms with Crippen molar-refractivity contribution < 1.29 is 4.39 Å². The molecule has 0 aliphatic rings. The first-order valence-corrected chi connectivity index (χ1v) is 4.93. The lowest BCUT2D eigenvalue weighted by Gasteiger charge is -2.03. The average Bonchev–Trinajstić information content (AvgIpc) is 2.17. The van der Waals surface area contributed by atoms with Gasteiger partial charge in [0.15, 0.2) is 0 Å². The van der Waals surface area contributed by atoms with Crippen LogP contribution < -0.4 is 0 Å². The summed E-state index contributed by atoms with van der Waals surface area (Å²) in [4.78, 5) is 4.33. The quantitative estimate of drug-likeness (QED) is 0.713. The number of aromatic nitrogens is 1. The second-order valence-corrected chi connectivity index (χ2v) is 3.76. The average molecular weight is 222 g/mol. The fraction of sp³-hybridized carbons (Fsp3) is 0.0833. The molecule has 0 fully saturated rings. The summed E-state index contributed by atoms with van der Waals surface area (Å²) in [6, 6.07) is 9.75. The maximum Gasteiger partial charge on any atom is 0.123 e. The van der Waals surface area contributed by atoms with Crippen LogP contribution in [0.4, 0.5) is 4.39 Å². The molecule has 2 rings (SSSR count). The molecule has 0 N–H and O–H groups in total. The second kappa shape index (κ2) is 3.99. The van der Waals surface area contributed by atoms with Gasteiger partial charge in [0.2, 0.25) is 0 Å². The normalized spacial score (nSPS) is 10.3. The molecule has 3 heteroatoms. The van der Waals surface area contributed by atoms with Gasteiger partial charge >= 0.3 is 0 Å². The summed E-state index contributed by atoms with van der Waals surface area (Å²) in [7, 11) is 0. The van der Waals surface area contributed by atoms with E-state index in [2.05, 4.69) is 4.98 Å². The molecular weight excluding hydrogens is 213 g/mol. The van der Waals surface area contributed by atoms with E-state index in [1.807, 2.05) is 6.92 Å². The summed E-state index contributed by atoms with van der Waals surface area (Å²) in [5.74, 6) is -0.252. The summed E-state index contributed by atoms with van der Waals surface area (Å²) in [5.41, 5.74) is 2.48. The monoisotopic (exact) mass is 221 g/mol. The van der Waals surface area contributed by atoms with Gasteiger partial charge in [-0.05, 0) is 43.3 Å². The van der Waals surface area contributed by atoms with Crippen molar-refractivity contribution in [2.24, 2.45) is 0 Å². The van der Waals surface area contributed by atoms with Crippen molar-refractivity contribution >= 4 is 11.6 Å². The van der Waals surface area contributed by atoms with Gasteiger partial charge in [-0.3, -0.25) is 4.98 Å². The molecule has 0 bridgehead atoms.